The summed E-state index contributed by atoms with van der Waals surface area (Å²) < 4.78 is 2.00. The molecule has 2 aromatic heterocycles. The minimum Gasteiger partial charge on any atom is -0.396 e. The molecule has 0 aromatic carbocycles. The summed E-state index contributed by atoms with van der Waals surface area (Å²) in [5, 5.41) is 10.8. The van der Waals surface area contributed by atoms with Gasteiger partial charge in [0.15, 0.2) is 4.96 Å². The van der Waals surface area contributed by atoms with Gasteiger partial charge in [-0.2, -0.15) is 0 Å². The summed E-state index contributed by atoms with van der Waals surface area (Å²) in [4.78, 5) is 5.36. The van der Waals surface area contributed by atoms with Crippen molar-refractivity contribution in [1.29, 1.82) is 0 Å². The zero-order chi connectivity index (χ0) is 10.1. The lowest BCUT2D eigenvalue weighted by Crippen LogP contribution is -2.15. The number of rotatable bonds is 3. The lowest BCUT2D eigenvalue weighted by Gasteiger charge is -2.09. The molecular weight excluding hydrogens is 198 g/mol. The van der Waals surface area contributed by atoms with Gasteiger partial charge >= 0.3 is 0 Å². The standard InChI is InChI=1S/C9H13N3OS/c1-6-8(7(10)2-4-13)12-3-5-14-9(12)11-6/h3,5,7,13H,2,4,10H2,1H3. The van der Waals surface area contributed by atoms with Crippen molar-refractivity contribution in [3.63, 3.8) is 0 Å². The average Bonchev–Trinajstić information content (AvgIpc) is 2.63. The maximum absolute atomic E-state index is 8.84. The van der Waals surface area contributed by atoms with Crippen molar-refractivity contribution in [3.8, 4) is 0 Å². The van der Waals surface area contributed by atoms with Crippen LogP contribution in [0, 0.1) is 6.92 Å². The van der Waals surface area contributed by atoms with Gasteiger partial charge in [-0.15, -0.1) is 11.3 Å². The Balaban J connectivity index is 2.47. The van der Waals surface area contributed by atoms with Crippen LogP contribution in [0.2, 0.25) is 0 Å². The number of aromatic nitrogens is 2. The number of thiazole rings is 1. The molecule has 0 aliphatic rings. The van der Waals surface area contributed by atoms with Crippen molar-refractivity contribution < 1.29 is 5.11 Å². The van der Waals surface area contributed by atoms with Crippen LogP contribution >= 0.6 is 11.3 Å². The molecule has 14 heavy (non-hydrogen) atoms. The number of aryl methyl sites for hydroxylation is 1. The van der Waals surface area contributed by atoms with Gasteiger partial charge in [0, 0.05) is 24.2 Å². The maximum Gasteiger partial charge on any atom is 0.194 e. The number of aliphatic hydroxyl groups is 1. The largest absolute Gasteiger partial charge is 0.396 e. The summed E-state index contributed by atoms with van der Waals surface area (Å²) in [6.45, 7) is 2.06. The van der Waals surface area contributed by atoms with E-state index < -0.39 is 0 Å². The van der Waals surface area contributed by atoms with Crippen LogP contribution in [0.15, 0.2) is 11.6 Å². The average molecular weight is 211 g/mol. The molecule has 1 atom stereocenters. The van der Waals surface area contributed by atoms with Crippen LogP contribution in [0.25, 0.3) is 4.96 Å². The van der Waals surface area contributed by atoms with E-state index in [1.54, 1.807) is 11.3 Å². The maximum atomic E-state index is 8.84. The van der Waals surface area contributed by atoms with Gasteiger partial charge in [0.1, 0.15) is 0 Å². The highest BCUT2D eigenvalue weighted by Gasteiger charge is 2.15. The van der Waals surface area contributed by atoms with E-state index >= 15 is 0 Å². The number of nitrogens with two attached hydrogens (primary N) is 1. The Morgan fingerprint density at radius 1 is 1.71 bits per heavy atom. The number of aliphatic hydroxyl groups excluding tert-OH is 1. The third-order valence-corrected chi connectivity index (χ3v) is 3.03. The van der Waals surface area contributed by atoms with Crippen molar-refractivity contribution in [3.05, 3.63) is 23.0 Å². The molecule has 2 heterocycles. The van der Waals surface area contributed by atoms with Crippen LogP contribution < -0.4 is 5.73 Å². The van der Waals surface area contributed by atoms with Crippen LogP contribution in [0.1, 0.15) is 23.9 Å². The highest BCUT2D eigenvalue weighted by molar-refractivity contribution is 7.15. The number of hydrogen-bond acceptors (Lipinski definition) is 4. The van der Waals surface area contributed by atoms with E-state index in [1.807, 2.05) is 22.9 Å². The zero-order valence-corrected chi connectivity index (χ0v) is 8.79. The normalized spacial score (nSPS) is 13.6. The Hall–Kier alpha value is -0.910. The Labute approximate surface area is 86.0 Å². The molecule has 0 aliphatic heterocycles. The number of fused-ring (bicyclic) bond motifs is 1. The zero-order valence-electron chi connectivity index (χ0n) is 7.97. The van der Waals surface area contributed by atoms with Crippen LogP contribution in [0.4, 0.5) is 0 Å². The fourth-order valence-corrected chi connectivity index (χ4v) is 2.40. The van der Waals surface area contributed by atoms with Crippen molar-refractivity contribution in [2.75, 3.05) is 6.61 Å². The lowest BCUT2D eigenvalue weighted by molar-refractivity contribution is 0.275. The minimum atomic E-state index is -0.135. The van der Waals surface area contributed by atoms with Crippen molar-refractivity contribution in [1.82, 2.24) is 9.38 Å². The molecule has 0 aliphatic carbocycles. The van der Waals surface area contributed by atoms with Crippen LogP contribution in [-0.2, 0) is 0 Å². The predicted molar refractivity (Wildman–Crippen MR) is 56.4 cm³/mol. The monoisotopic (exact) mass is 211 g/mol. The second-order valence-corrected chi connectivity index (χ2v) is 4.13. The molecule has 3 N–H and O–H groups in total. The first-order chi connectivity index (χ1) is 6.74. The molecule has 0 radical (unpaired) electrons. The number of imidazole rings is 1. The molecule has 4 nitrogen and oxygen atoms in total. The molecule has 2 rings (SSSR count). The summed E-state index contributed by atoms with van der Waals surface area (Å²) in [6, 6.07) is -0.135. The van der Waals surface area contributed by atoms with Crippen molar-refractivity contribution in [2.24, 2.45) is 5.73 Å². The summed E-state index contributed by atoms with van der Waals surface area (Å²) in [7, 11) is 0. The third kappa shape index (κ3) is 1.43. The van der Waals surface area contributed by atoms with Gasteiger partial charge in [-0.3, -0.25) is 4.40 Å². The first-order valence-electron chi connectivity index (χ1n) is 4.52. The first kappa shape index (κ1) is 9.64. The Kier molecular flexibility index (Phi) is 2.54. The molecule has 0 spiro atoms. The molecule has 5 heteroatoms. The van der Waals surface area contributed by atoms with E-state index in [1.165, 1.54) is 0 Å². The fourth-order valence-electron chi connectivity index (χ4n) is 1.63. The van der Waals surface area contributed by atoms with E-state index in [0.717, 1.165) is 16.3 Å². The van der Waals surface area contributed by atoms with E-state index in [-0.39, 0.29) is 12.6 Å². The Morgan fingerprint density at radius 2 is 2.50 bits per heavy atom. The minimum absolute atomic E-state index is 0.109. The summed E-state index contributed by atoms with van der Waals surface area (Å²) in [5.41, 5.74) is 7.93. The second-order valence-electron chi connectivity index (χ2n) is 3.26. The molecule has 76 valence electrons. The summed E-state index contributed by atoms with van der Waals surface area (Å²) >= 11 is 1.59. The van der Waals surface area contributed by atoms with Gasteiger partial charge in [-0.1, -0.05) is 0 Å². The molecule has 1 unspecified atom stereocenters. The van der Waals surface area contributed by atoms with Gasteiger partial charge in [0.05, 0.1) is 11.4 Å². The molecule has 2 aromatic rings. The number of hydrogen-bond donors (Lipinski definition) is 2. The SMILES string of the molecule is Cc1nc2sccn2c1C(N)CCO. The molecule has 0 saturated heterocycles. The quantitative estimate of drug-likeness (QED) is 0.798. The van der Waals surface area contributed by atoms with Gasteiger partial charge in [0.25, 0.3) is 0 Å². The fraction of sp³-hybridized carbons (Fsp3) is 0.444. The molecule has 0 saturated carbocycles. The molecule has 0 fully saturated rings. The van der Waals surface area contributed by atoms with Gasteiger partial charge in [-0.05, 0) is 13.3 Å². The highest BCUT2D eigenvalue weighted by atomic mass is 32.1. The Morgan fingerprint density at radius 3 is 3.21 bits per heavy atom. The van der Waals surface area contributed by atoms with Gasteiger partial charge in [0.2, 0.25) is 0 Å². The lowest BCUT2D eigenvalue weighted by atomic mass is 10.1. The Bertz CT molecular complexity index is 434. The van der Waals surface area contributed by atoms with Crippen molar-refractivity contribution >= 4 is 16.3 Å². The van der Waals surface area contributed by atoms with Crippen LogP contribution in [0.5, 0.6) is 0 Å². The number of nitrogens with zero attached hydrogens (tertiary/aromatic N) is 2. The van der Waals surface area contributed by atoms with Gasteiger partial charge < -0.3 is 10.8 Å². The topological polar surface area (TPSA) is 63.5 Å². The summed E-state index contributed by atoms with van der Waals surface area (Å²) in [6.07, 6.45) is 2.54. The van der Waals surface area contributed by atoms with E-state index in [0.29, 0.717) is 6.42 Å². The molecule has 0 bridgehead atoms. The van der Waals surface area contributed by atoms with E-state index in [9.17, 15) is 0 Å². The molecular formula is C9H13N3OS. The third-order valence-electron chi connectivity index (χ3n) is 2.27. The first-order valence-corrected chi connectivity index (χ1v) is 5.40. The van der Waals surface area contributed by atoms with Crippen LogP contribution in [0.3, 0.4) is 0 Å². The van der Waals surface area contributed by atoms with E-state index in [2.05, 4.69) is 4.98 Å². The van der Waals surface area contributed by atoms with Crippen LogP contribution in [-0.4, -0.2) is 21.1 Å². The predicted octanol–water partition coefficient (Wildman–Crippen LogP) is 1.09. The highest BCUT2D eigenvalue weighted by Crippen LogP contribution is 2.22. The molecule has 0 amide bonds. The van der Waals surface area contributed by atoms with E-state index in [4.69, 9.17) is 10.8 Å². The van der Waals surface area contributed by atoms with Gasteiger partial charge in [-0.25, -0.2) is 4.98 Å². The van der Waals surface area contributed by atoms with Crippen molar-refractivity contribution in [2.45, 2.75) is 19.4 Å². The smallest absolute Gasteiger partial charge is 0.194 e. The summed E-state index contributed by atoms with van der Waals surface area (Å²) in [5.74, 6) is 0. The second kappa shape index (κ2) is 3.68.